The molecule has 0 atom stereocenters. The summed E-state index contributed by atoms with van der Waals surface area (Å²) in [6.07, 6.45) is 0.382. The van der Waals surface area contributed by atoms with E-state index >= 15 is 0 Å². The van der Waals surface area contributed by atoms with Crippen molar-refractivity contribution in [3.63, 3.8) is 0 Å². The van der Waals surface area contributed by atoms with Gasteiger partial charge in [-0.05, 0) is 38.0 Å². The van der Waals surface area contributed by atoms with Crippen molar-refractivity contribution >= 4 is 22.7 Å². The molecule has 1 aromatic heterocycles. The fraction of sp³-hybridized carbons (Fsp3) is 0.412. The number of aryl methyl sites for hydroxylation is 3. The highest BCUT2D eigenvalue weighted by atomic mass is 16.2. The maximum atomic E-state index is 11.8. The van der Waals surface area contributed by atoms with E-state index in [4.69, 9.17) is 0 Å². The summed E-state index contributed by atoms with van der Waals surface area (Å²) in [6, 6.07) is 4.23. The number of hydrogen-bond donors (Lipinski definition) is 3. The molecule has 0 saturated heterocycles. The minimum atomic E-state index is -0.184. The van der Waals surface area contributed by atoms with Crippen molar-refractivity contribution in [2.45, 2.75) is 40.7 Å². The molecule has 0 aliphatic rings. The lowest BCUT2D eigenvalue weighted by molar-refractivity contribution is -0.126. The van der Waals surface area contributed by atoms with Crippen LogP contribution in [0, 0.1) is 20.8 Å². The van der Waals surface area contributed by atoms with E-state index < -0.39 is 0 Å². The van der Waals surface area contributed by atoms with Gasteiger partial charge in [-0.1, -0.05) is 18.6 Å². The van der Waals surface area contributed by atoms with Gasteiger partial charge >= 0.3 is 0 Å². The van der Waals surface area contributed by atoms with E-state index in [1.165, 1.54) is 10.9 Å². The summed E-state index contributed by atoms with van der Waals surface area (Å²) in [4.78, 5) is 26.3. The van der Waals surface area contributed by atoms with Gasteiger partial charge in [0, 0.05) is 24.0 Å². The van der Waals surface area contributed by atoms with Crippen molar-refractivity contribution in [2.75, 3.05) is 6.54 Å². The van der Waals surface area contributed by atoms with Gasteiger partial charge in [0.15, 0.2) is 0 Å². The largest absolute Gasteiger partial charge is 0.358 e. The Morgan fingerprint density at radius 2 is 1.82 bits per heavy atom. The molecule has 1 aromatic carbocycles. The first-order valence-corrected chi connectivity index (χ1v) is 7.54. The highest BCUT2D eigenvalue weighted by Crippen LogP contribution is 2.25. The molecule has 5 nitrogen and oxygen atoms in total. The molecule has 0 spiro atoms. The van der Waals surface area contributed by atoms with Gasteiger partial charge in [0.2, 0.25) is 11.8 Å². The monoisotopic (exact) mass is 301 g/mol. The second kappa shape index (κ2) is 6.64. The second-order valence-electron chi connectivity index (χ2n) is 5.63. The zero-order chi connectivity index (χ0) is 16.3. The number of fused-ring (bicyclic) bond motifs is 1. The summed E-state index contributed by atoms with van der Waals surface area (Å²) in [5, 5.41) is 6.62. The fourth-order valence-corrected chi connectivity index (χ4v) is 2.49. The molecule has 0 fully saturated rings. The first-order valence-electron chi connectivity index (χ1n) is 7.54. The first-order chi connectivity index (χ1) is 10.4. The average molecular weight is 301 g/mol. The summed E-state index contributed by atoms with van der Waals surface area (Å²) in [5.74, 6) is -0.305. The summed E-state index contributed by atoms with van der Waals surface area (Å²) in [6.45, 7) is 8.41. The number of amides is 2. The van der Waals surface area contributed by atoms with Gasteiger partial charge in [-0.2, -0.15) is 0 Å². The molecule has 1 heterocycles. The van der Waals surface area contributed by atoms with Crippen molar-refractivity contribution in [3.8, 4) is 0 Å². The van der Waals surface area contributed by atoms with Gasteiger partial charge in [-0.3, -0.25) is 9.59 Å². The molecule has 2 aromatic rings. The number of hydrogen-bond acceptors (Lipinski definition) is 2. The van der Waals surface area contributed by atoms with Crippen LogP contribution in [0.2, 0.25) is 0 Å². The van der Waals surface area contributed by atoms with Crippen LogP contribution >= 0.6 is 0 Å². The normalized spacial score (nSPS) is 10.7. The molecule has 22 heavy (non-hydrogen) atoms. The van der Waals surface area contributed by atoms with Gasteiger partial charge in [0.05, 0.1) is 12.1 Å². The topological polar surface area (TPSA) is 74.0 Å². The predicted octanol–water partition coefficient (Wildman–Crippen LogP) is 2.24. The van der Waals surface area contributed by atoms with Gasteiger partial charge in [0.25, 0.3) is 0 Å². The smallest absolute Gasteiger partial charge is 0.239 e. The molecule has 0 radical (unpaired) electrons. The Morgan fingerprint density at radius 3 is 2.50 bits per heavy atom. The number of aromatic nitrogens is 1. The highest BCUT2D eigenvalue weighted by molar-refractivity contribution is 5.89. The van der Waals surface area contributed by atoms with E-state index in [1.54, 1.807) is 6.92 Å². The number of rotatable bonds is 5. The molecular formula is C17H23N3O2. The molecule has 5 heteroatoms. The Morgan fingerprint density at radius 1 is 1.09 bits per heavy atom. The van der Waals surface area contributed by atoms with Gasteiger partial charge in [-0.15, -0.1) is 0 Å². The Balaban J connectivity index is 2.10. The molecule has 0 saturated carbocycles. The van der Waals surface area contributed by atoms with Crippen LogP contribution < -0.4 is 10.6 Å². The predicted molar refractivity (Wildman–Crippen MR) is 87.7 cm³/mol. The van der Waals surface area contributed by atoms with Crippen molar-refractivity contribution in [1.29, 1.82) is 0 Å². The van der Waals surface area contributed by atoms with E-state index in [0.29, 0.717) is 13.0 Å². The molecule has 3 N–H and O–H groups in total. The summed E-state index contributed by atoms with van der Waals surface area (Å²) in [5.41, 5.74) is 5.67. The molecule has 2 amide bonds. The van der Waals surface area contributed by atoms with Crippen molar-refractivity contribution in [1.82, 2.24) is 15.6 Å². The Labute approximate surface area is 130 Å². The van der Waals surface area contributed by atoms with E-state index in [9.17, 15) is 9.59 Å². The third-order valence-corrected chi connectivity index (χ3v) is 3.89. The van der Waals surface area contributed by atoms with Crippen LogP contribution in [0.1, 0.15) is 35.7 Å². The van der Waals surface area contributed by atoms with Crippen molar-refractivity contribution < 1.29 is 9.59 Å². The Bertz CT molecular complexity index is 716. The number of H-pyrrole nitrogens is 1. The van der Waals surface area contributed by atoms with Crippen molar-refractivity contribution in [3.05, 3.63) is 34.5 Å². The number of benzene rings is 1. The van der Waals surface area contributed by atoms with Crippen LogP contribution in [0.15, 0.2) is 12.1 Å². The quantitative estimate of drug-likeness (QED) is 0.792. The maximum absolute atomic E-state index is 11.8. The lowest BCUT2D eigenvalue weighted by Gasteiger charge is -2.09. The minimum Gasteiger partial charge on any atom is -0.358 e. The standard InChI is InChI=1S/C17H23N3O2/c1-5-15(21)19-9-16(22)18-8-13-6-10(2)7-14-11(3)12(4)20-17(13)14/h6-7,20H,5,8-9H2,1-4H3,(H,18,22)(H,19,21). The van der Waals surface area contributed by atoms with Crippen LogP contribution in [-0.2, 0) is 16.1 Å². The van der Waals surface area contributed by atoms with Crippen molar-refractivity contribution in [2.24, 2.45) is 0 Å². The summed E-state index contributed by atoms with van der Waals surface area (Å²) in [7, 11) is 0. The van der Waals surface area contributed by atoms with E-state index in [-0.39, 0.29) is 18.4 Å². The molecule has 0 unspecified atom stereocenters. The molecular weight excluding hydrogens is 278 g/mol. The maximum Gasteiger partial charge on any atom is 0.239 e. The molecule has 0 aliphatic heterocycles. The lowest BCUT2D eigenvalue weighted by Crippen LogP contribution is -2.36. The van der Waals surface area contributed by atoms with Gasteiger partial charge < -0.3 is 15.6 Å². The molecule has 0 aliphatic carbocycles. The Kier molecular flexibility index (Phi) is 4.85. The number of carbonyl (C=O) groups excluding carboxylic acids is 2. The van der Waals surface area contributed by atoms with Crippen LogP contribution in [0.3, 0.4) is 0 Å². The fourth-order valence-electron chi connectivity index (χ4n) is 2.49. The summed E-state index contributed by atoms with van der Waals surface area (Å²) >= 11 is 0. The molecule has 118 valence electrons. The zero-order valence-electron chi connectivity index (χ0n) is 13.6. The van der Waals surface area contributed by atoms with Crippen LogP contribution in [0.4, 0.5) is 0 Å². The van der Waals surface area contributed by atoms with Crippen LogP contribution in [0.25, 0.3) is 10.9 Å². The Hall–Kier alpha value is -2.30. The molecule has 2 rings (SSSR count). The van der Waals surface area contributed by atoms with E-state index in [1.807, 2.05) is 13.8 Å². The first kappa shape index (κ1) is 16.1. The minimum absolute atomic E-state index is 0.0183. The zero-order valence-corrected chi connectivity index (χ0v) is 13.6. The number of aromatic amines is 1. The summed E-state index contributed by atoms with van der Waals surface area (Å²) < 4.78 is 0. The molecule has 0 bridgehead atoms. The second-order valence-corrected chi connectivity index (χ2v) is 5.63. The van der Waals surface area contributed by atoms with Crippen LogP contribution in [-0.4, -0.2) is 23.3 Å². The highest BCUT2D eigenvalue weighted by Gasteiger charge is 2.10. The van der Waals surface area contributed by atoms with E-state index in [0.717, 1.165) is 22.3 Å². The van der Waals surface area contributed by atoms with Crippen LogP contribution in [0.5, 0.6) is 0 Å². The number of carbonyl (C=O) groups is 2. The van der Waals surface area contributed by atoms with E-state index in [2.05, 4.69) is 34.7 Å². The third-order valence-electron chi connectivity index (χ3n) is 3.89. The SMILES string of the molecule is CCC(=O)NCC(=O)NCc1cc(C)cc2c(C)c(C)[nH]c12. The van der Waals surface area contributed by atoms with Gasteiger partial charge in [-0.25, -0.2) is 0 Å². The third kappa shape index (κ3) is 3.47. The lowest BCUT2D eigenvalue weighted by atomic mass is 10.0. The number of nitrogens with one attached hydrogen (secondary N) is 3. The van der Waals surface area contributed by atoms with Gasteiger partial charge in [0.1, 0.15) is 0 Å². The average Bonchev–Trinajstić information content (AvgIpc) is 2.78.